The number of nitrogens with zero attached hydrogens (tertiary/aromatic N) is 1. The van der Waals surface area contributed by atoms with Gasteiger partial charge in [0.15, 0.2) is 5.96 Å². The zero-order valence-corrected chi connectivity index (χ0v) is 15.1. The predicted octanol–water partition coefficient (Wildman–Crippen LogP) is 3.51. The summed E-state index contributed by atoms with van der Waals surface area (Å²) < 4.78 is 53.3. The normalized spacial score (nSPS) is 13.1. The van der Waals surface area contributed by atoms with E-state index in [1.54, 1.807) is 12.1 Å². The number of rotatable bonds is 7. The maximum absolute atomic E-state index is 12.9. The number of guanidine groups is 1. The van der Waals surface area contributed by atoms with Crippen molar-refractivity contribution >= 4 is 5.96 Å². The van der Waals surface area contributed by atoms with Gasteiger partial charge in [-0.15, -0.1) is 13.2 Å². The van der Waals surface area contributed by atoms with Gasteiger partial charge in [0.25, 0.3) is 0 Å². The first-order chi connectivity index (χ1) is 13.3. The Morgan fingerprint density at radius 2 is 1.71 bits per heavy atom. The van der Waals surface area contributed by atoms with Gasteiger partial charge in [0.2, 0.25) is 0 Å². The summed E-state index contributed by atoms with van der Waals surface area (Å²) in [6.07, 6.45) is -5.72. The van der Waals surface area contributed by atoms with E-state index < -0.39 is 12.5 Å². The minimum atomic E-state index is -4.76. The summed E-state index contributed by atoms with van der Waals surface area (Å²) in [6, 6.07) is 10.9. The lowest BCUT2D eigenvalue weighted by Gasteiger charge is -2.16. The lowest BCUT2D eigenvalue weighted by atomic mass is 10.1. The predicted molar refractivity (Wildman–Crippen MR) is 97.3 cm³/mol. The van der Waals surface area contributed by atoms with Crippen LogP contribution in [-0.2, 0) is 6.54 Å². The Kier molecular flexibility index (Phi) is 7.62. The van der Waals surface area contributed by atoms with E-state index in [2.05, 4.69) is 20.4 Å². The first kappa shape index (κ1) is 21.5. The molecule has 2 aromatic rings. The Morgan fingerprint density at radius 3 is 2.29 bits per heavy atom. The molecule has 28 heavy (non-hydrogen) atoms. The van der Waals surface area contributed by atoms with Crippen LogP contribution in [0.25, 0.3) is 0 Å². The fourth-order valence-electron chi connectivity index (χ4n) is 2.30. The summed E-state index contributed by atoms with van der Waals surface area (Å²) in [5, 5.41) is 16.2. The highest BCUT2D eigenvalue weighted by atomic mass is 19.4. The number of hydrogen-bond acceptors (Lipinski definition) is 3. The molecule has 9 heteroatoms. The molecule has 2 aromatic carbocycles. The highest BCUT2D eigenvalue weighted by Gasteiger charge is 2.31. The van der Waals surface area contributed by atoms with E-state index in [0.717, 1.165) is 17.7 Å². The maximum Gasteiger partial charge on any atom is 0.573 e. The van der Waals surface area contributed by atoms with Crippen LogP contribution in [0.15, 0.2) is 53.5 Å². The van der Waals surface area contributed by atoms with Crippen LogP contribution in [0.3, 0.4) is 0 Å². The molecule has 0 aliphatic carbocycles. The van der Waals surface area contributed by atoms with Crippen LogP contribution in [0, 0.1) is 5.82 Å². The monoisotopic (exact) mass is 399 g/mol. The lowest BCUT2D eigenvalue weighted by Crippen LogP contribution is -2.39. The summed E-state index contributed by atoms with van der Waals surface area (Å²) in [4.78, 5) is 4.35. The van der Waals surface area contributed by atoms with Crippen molar-refractivity contribution in [2.75, 3.05) is 13.1 Å². The molecule has 2 rings (SSSR count). The van der Waals surface area contributed by atoms with Gasteiger partial charge in [0, 0.05) is 13.1 Å². The van der Waals surface area contributed by atoms with Gasteiger partial charge < -0.3 is 20.5 Å². The van der Waals surface area contributed by atoms with Gasteiger partial charge in [-0.05, 0) is 42.3 Å². The molecule has 0 saturated heterocycles. The number of hydrogen-bond donors (Lipinski definition) is 3. The number of halogens is 4. The second-order valence-corrected chi connectivity index (χ2v) is 5.84. The van der Waals surface area contributed by atoms with Gasteiger partial charge in [-0.3, -0.25) is 0 Å². The third-order valence-electron chi connectivity index (χ3n) is 3.64. The van der Waals surface area contributed by atoms with Crippen LogP contribution in [0.4, 0.5) is 17.6 Å². The van der Waals surface area contributed by atoms with E-state index in [0.29, 0.717) is 24.6 Å². The van der Waals surface area contributed by atoms with Crippen LogP contribution in [0.1, 0.15) is 24.2 Å². The zero-order valence-electron chi connectivity index (χ0n) is 15.1. The quantitative estimate of drug-likeness (QED) is 0.379. The molecule has 0 aromatic heterocycles. The standard InChI is InChI=1S/C19H21F4N3O2/c1-2-24-18(25-11-13-3-7-15(20)8-4-13)26-12-17(27)14-5-9-16(10-6-14)28-19(21,22)23/h3-10,17,27H,2,11-12H2,1H3,(H2,24,25,26). The Bertz CT molecular complexity index is 762. The van der Waals surface area contributed by atoms with Gasteiger partial charge in [0.05, 0.1) is 12.6 Å². The van der Waals surface area contributed by atoms with Gasteiger partial charge >= 0.3 is 6.36 Å². The average Bonchev–Trinajstić information content (AvgIpc) is 2.64. The number of nitrogens with one attached hydrogen (secondary N) is 2. The molecule has 0 saturated carbocycles. The molecule has 0 radical (unpaired) electrons. The Hall–Kier alpha value is -2.81. The van der Waals surface area contributed by atoms with Gasteiger partial charge in [-0.25, -0.2) is 9.38 Å². The highest BCUT2D eigenvalue weighted by Crippen LogP contribution is 2.24. The topological polar surface area (TPSA) is 65.9 Å². The van der Waals surface area contributed by atoms with Crippen LogP contribution in [0.2, 0.25) is 0 Å². The number of ether oxygens (including phenoxy) is 1. The van der Waals surface area contributed by atoms with E-state index >= 15 is 0 Å². The van der Waals surface area contributed by atoms with Crippen molar-refractivity contribution < 1.29 is 27.4 Å². The number of aliphatic imine (C=N–C) groups is 1. The summed E-state index contributed by atoms with van der Waals surface area (Å²) in [7, 11) is 0. The first-order valence-corrected chi connectivity index (χ1v) is 8.57. The number of alkyl halides is 3. The molecular formula is C19H21F4N3O2. The molecule has 0 bridgehead atoms. The fourth-order valence-corrected chi connectivity index (χ4v) is 2.30. The van der Waals surface area contributed by atoms with Crippen LogP contribution in [0.5, 0.6) is 5.75 Å². The second kappa shape index (κ2) is 9.93. The molecule has 0 amide bonds. The van der Waals surface area contributed by atoms with Gasteiger partial charge in [-0.1, -0.05) is 24.3 Å². The van der Waals surface area contributed by atoms with Gasteiger partial charge in [0.1, 0.15) is 11.6 Å². The van der Waals surface area contributed by atoms with Crippen molar-refractivity contribution in [2.45, 2.75) is 25.9 Å². The third kappa shape index (κ3) is 7.43. The summed E-state index contributed by atoms with van der Waals surface area (Å²) in [6.45, 7) is 2.88. The molecular weight excluding hydrogens is 378 g/mol. The van der Waals surface area contributed by atoms with Crippen molar-refractivity contribution in [3.63, 3.8) is 0 Å². The molecule has 0 heterocycles. The number of benzene rings is 2. The largest absolute Gasteiger partial charge is 0.573 e. The Morgan fingerprint density at radius 1 is 1.07 bits per heavy atom. The Balaban J connectivity index is 1.92. The first-order valence-electron chi connectivity index (χ1n) is 8.57. The minimum absolute atomic E-state index is 0.0920. The van der Waals surface area contributed by atoms with Crippen LogP contribution >= 0.6 is 0 Å². The average molecular weight is 399 g/mol. The molecule has 0 aliphatic heterocycles. The van der Waals surface area contributed by atoms with Crippen LogP contribution < -0.4 is 15.4 Å². The van der Waals surface area contributed by atoms with Crippen molar-refractivity contribution in [1.29, 1.82) is 0 Å². The minimum Gasteiger partial charge on any atom is -0.406 e. The lowest BCUT2D eigenvalue weighted by molar-refractivity contribution is -0.274. The van der Waals surface area contributed by atoms with E-state index in [4.69, 9.17) is 0 Å². The maximum atomic E-state index is 12.9. The van der Waals surface area contributed by atoms with Gasteiger partial charge in [-0.2, -0.15) is 0 Å². The molecule has 0 fully saturated rings. The Labute approximate surface area is 160 Å². The van der Waals surface area contributed by atoms with E-state index in [9.17, 15) is 22.7 Å². The zero-order chi connectivity index (χ0) is 20.6. The van der Waals surface area contributed by atoms with E-state index in [-0.39, 0.29) is 18.1 Å². The summed E-state index contributed by atoms with van der Waals surface area (Å²) >= 11 is 0. The molecule has 0 aliphatic rings. The summed E-state index contributed by atoms with van der Waals surface area (Å²) in [5.74, 6) is -0.235. The molecule has 1 atom stereocenters. The van der Waals surface area contributed by atoms with Crippen molar-refractivity contribution in [3.8, 4) is 5.75 Å². The van der Waals surface area contributed by atoms with Crippen molar-refractivity contribution in [1.82, 2.24) is 10.6 Å². The second-order valence-electron chi connectivity index (χ2n) is 5.84. The van der Waals surface area contributed by atoms with E-state index in [1.807, 2.05) is 6.92 Å². The third-order valence-corrected chi connectivity index (χ3v) is 3.64. The van der Waals surface area contributed by atoms with E-state index in [1.165, 1.54) is 24.3 Å². The van der Waals surface area contributed by atoms with Crippen molar-refractivity contribution in [3.05, 3.63) is 65.5 Å². The summed E-state index contributed by atoms with van der Waals surface area (Å²) in [5.41, 5.74) is 1.25. The number of aliphatic hydroxyl groups is 1. The molecule has 152 valence electrons. The number of aliphatic hydroxyl groups excluding tert-OH is 1. The van der Waals surface area contributed by atoms with Crippen LogP contribution in [-0.4, -0.2) is 30.5 Å². The molecule has 1 unspecified atom stereocenters. The smallest absolute Gasteiger partial charge is 0.406 e. The fraction of sp³-hybridized carbons (Fsp3) is 0.316. The molecule has 5 nitrogen and oxygen atoms in total. The molecule has 0 spiro atoms. The van der Waals surface area contributed by atoms with Crippen molar-refractivity contribution in [2.24, 2.45) is 4.99 Å². The highest BCUT2D eigenvalue weighted by molar-refractivity contribution is 5.79. The SMILES string of the molecule is CCNC(=NCc1ccc(F)cc1)NCC(O)c1ccc(OC(F)(F)F)cc1. The molecule has 3 N–H and O–H groups in total.